The van der Waals surface area contributed by atoms with E-state index in [9.17, 15) is 9.90 Å². The number of rotatable bonds is 12. The molecule has 3 rings (SSSR count). The minimum Gasteiger partial charge on any atom is -0.469 e. The molecule has 0 aliphatic heterocycles. The molecule has 0 amide bonds. The molecule has 34 heavy (non-hydrogen) atoms. The second kappa shape index (κ2) is 12.3. The number of ether oxygens (including phenoxy) is 2. The Kier molecular flexibility index (Phi) is 9.45. The Hall–Kier alpha value is -2.47. The summed E-state index contributed by atoms with van der Waals surface area (Å²) in [6, 6.07) is 16.7. The molecule has 2 N–H and O–H groups in total. The predicted octanol–water partition coefficient (Wildman–Crippen LogP) is 4.87. The van der Waals surface area contributed by atoms with E-state index in [0.717, 1.165) is 30.4 Å². The summed E-state index contributed by atoms with van der Waals surface area (Å²) in [5, 5.41) is 14.1. The molecule has 1 aliphatic carbocycles. The molecule has 0 aromatic heterocycles. The normalized spacial score (nSPS) is 15.9. The van der Waals surface area contributed by atoms with E-state index in [4.69, 9.17) is 4.74 Å². The lowest BCUT2D eigenvalue weighted by Crippen LogP contribution is -2.45. The first-order chi connectivity index (χ1) is 16.3. The molecule has 5 nitrogen and oxygen atoms in total. The largest absolute Gasteiger partial charge is 0.469 e. The molecule has 0 radical (unpaired) electrons. The van der Waals surface area contributed by atoms with Gasteiger partial charge in [-0.1, -0.05) is 60.7 Å². The molecule has 0 fully saturated rings. The predicted molar refractivity (Wildman–Crippen MR) is 137 cm³/mol. The van der Waals surface area contributed by atoms with Crippen molar-refractivity contribution < 1.29 is 19.4 Å². The second-order valence-corrected chi connectivity index (χ2v) is 9.95. The van der Waals surface area contributed by atoms with Gasteiger partial charge in [-0.3, -0.25) is 4.79 Å². The first kappa shape index (κ1) is 26.1. The third kappa shape index (κ3) is 7.79. The molecule has 5 heteroatoms. The lowest BCUT2D eigenvalue weighted by atomic mass is 9.88. The van der Waals surface area contributed by atoms with E-state index in [1.54, 1.807) is 6.08 Å². The minimum absolute atomic E-state index is 0.0592. The van der Waals surface area contributed by atoms with E-state index in [1.807, 2.05) is 37.3 Å². The van der Waals surface area contributed by atoms with E-state index in [-0.39, 0.29) is 30.6 Å². The summed E-state index contributed by atoms with van der Waals surface area (Å²) < 4.78 is 10.7. The number of nitrogens with one attached hydrogen (secondary N) is 1. The summed E-state index contributed by atoms with van der Waals surface area (Å²) in [5.41, 5.74) is 4.91. The fraction of sp³-hybridized carbons (Fsp3) is 0.483. The number of carbonyl (C=O) groups excluding carboxylic acids is 1. The van der Waals surface area contributed by atoms with Gasteiger partial charge in [0.05, 0.1) is 32.3 Å². The van der Waals surface area contributed by atoms with Crippen LogP contribution in [0, 0.1) is 5.92 Å². The number of aliphatic hydroxyl groups excluding tert-OH is 1. The Morgan fingerprint density at radius 2 is 1.79 bits per heavy atom. The highest BCUT2D eigenvalue weighted by molar-refractivity contribution is 5.72. The molecule has 0 heterocycles. The van der Waals surface area contributed by atoms with Crippen molar-refractivity contribution in [2.75, 3.05) is 20.3 Å². The van der Waals surface area contributed by atoms with Gasteiger partial charge in [0.1, 0.15) is 0 Å². The summed E-state index contributed by atoms with van der Waals surface area (Å²) in [7, 11) is 1.38. The van der Waals surface area contributed by atoms with Crippen LogP contribution in [-0.4, -0.2) is 43.0 Å². The maximum atomic E-state index is 11.3. The fourth-order valence-electron chi connectivity index (χ4n) is 4.78. The molecule has 0 unspecified atom stereocenters. The molecule has 0 saturated heterocycles. The van der Waals surface area contributed by atoms with Crippen molar-refractivity contribution in [2.24, 2.45) is 5.92 Å². The lowest BCUT2D eigenvalue weighted by Gasteiger charge is -2.31. The van der Waals surface area contributed by atoms with Gasteiger partial charge in [-0.05, 0) is 68.2 Å². The van der Waals surface area contributed by atoms with E-state index < -0.39 is 6.10 Å². The third-order valence-electron chi connectivity index (χ3n) is 6.53. The topological polar surface area (TPSA) is 67.8 Å². The number of fused-ring (bicyclic) bond motifs is 1. The highest BCUT2D eigenvalue weighted by Crippen LogP contribution is 2.32. The van der Waals surface area contributed by atoms with Gasteiger partial charge in [-0.25, -0.2) is 0 Å². The van der Waals surface area contributed by atoms with Crippen molar-refractivity contribution >= 4 is 12.0 Å². The average molecular weight is 466 g/mol. The van der Waals surface area contributed by atoms with Gasteiger partial charge in [-0.2, -0.15) is 0 Å². The van der Waals surface area contributed by atoms with Gasteiger partial charge in [-0.15, -0.1) is 0 Å². The lowest BCUT2D eigenvalue weighted by molar-refractivity contribution is -0.139. The number of hydrogen-bond donors (Lipinski definition) is 2. The minimum atomic E-state index is -0.593. The van der Waals surface area contributed by atoms with Gasteiger partial charge in [0.2, 0.25) is 0 Å². The fourth-order valence-corrected chi connectivity index (χ4v) is 4.78. The van der Waals surface area contributed by atoms with Crippen LogP contribution in [0.2, 0.25) is 0 Å². The van der Waals surface area contributed by atoms with Crippen molar-refractivity contribution in [1.82, 2.24) is 5.32 Å². The number of β-amino-alcohol motifs (C(OH)–C–C–N with tert-alkyl or cyclic N) is 1. The Morgan fingerprint density at radius 1 is 1.15 bits per heavy atom. The Labute approximate surface area is 204 Å². The van der Waals surface area contributed by atoms with E-state index >= 15 is 0 Å². The van der Waals surface area contributed by atoms with Crippen molar-refractivity contribution in [1.29, 1.82) is 0 Å². The van der Waals surface area contributed by atoms with Crippen LogP contribution < -0.4 is 5.32 Å². The van der Waals surface area contributed by atoms with Gasteiger partial charge >= 0.3 is 5.97 Å². The summed E-state index contributed by atoms with van der Waals surface area (Å²) in [6.07, 6.45) is 6.50. The molecular formula is C29H39NO4. The summed E-state index contributed by atoms with van der Waals surface area (Å²) in [6.45, 7) is 7.14. The molecule has 0 bridgehead atoms. The van der Waals surface area contributed by atoms with E-state index in [2.05, 4.69) is 48.2 Å². The van der Waals surface area contributed by atoms with Crippen molar-refractivity contribution in [2.45, 2.75) is 64.2 Å². The van der Waals surface area contributed by atoms with Crippen LogP contribution >= 0.6 is 0 Å². The molecular weight excluding hydrogens is 426 g/mol. The van der Waals surface area contributed by atoms with Crippen LogP contribution in [0.1, 0.15) is 62.0 Å². The molecule has 0 saturated carbocycles. The summed E-state index contributed by atoms with van der Waals surface area (Å²) in [4.78, 5) is 11.3. The maximum absolute atomic E-state index is 11.3. The maximum Gasteiger partial charge on any atom is 0.309 e. The van der Waals surface area contributed by atoms with Gasteiger partial charge in [0.25, 0.3) is 0 Å². The van der Waals surface area contributed by atoms with Crippen LogP contribution in [0.3, 0.4) is 0 Å². The van der Waals surface area contributed by atoms with Crippen molar-refractivity contribution in [3.8, 4) is 0 Å². The zero-order valence-electron chi connectivity index (χ0n) is 20.9. The average Bonchev–Trinajstić information content (AvgIpc) is 3.23. The zero-order chi connectivity index (χ0) is 24.6. The standard InChI is InChI=1S/C29H39NO4/c1-21(27-14-8-7-10-23(27)13-9-15-28(32)33-4)34-20-26(31)19-30-29(2,3)18-22-16-24-11-5-6-12-25(24)17-22/h5-14,21-22,26,30-31H,15-20H2,1-4H3/t21-,26-/m1/s1. The van der Waals surface area contributed by atoms with Crippen LogP contribution in [-0.2, 0) is 27.1 Å². The first-order valence-electron chi connectivity index (χ1n) is 12.2. The Balaban J connectivity index is 1.44. The highest BCUT2D eigenvalue weighted by Gasteiger charge is 2.28. The first-order valence-corrected chi connectivity index (χ1v) is 12.2. The Bertz CT molecular complexity index is 943. The van der Waals surface area contributed by atoms with Crippen molar-refractivity contribution in [3.05, 3.63) is 76.9 Å². The second-order valence-electron chi connectivity index (χ2n) is 9.95. The van der Waals surface area contributed by atoms with Crippen LogP contribution in [0.15, 0.2) is 54.6 Å². The third-order valence-corrected chi connectivity index (χ3v) is 6.53. The van der Waals surface area contributed by atoms with Crippen LogP contribution in [0.5, 0.6) is 0 Å². The molecule has 2 aromatic carbocycles. The molecule has 1 aliphatic rings. The van der Waals surface area contributed by atoms with Crippen molar-refractivity contribution in [3.63, 3.8) is 0 Å². The number of esters is 1. The number of methoxy groups -OCH3 is 1. The van der Waals surface area contributed by atoms with Gasteiger partial charge in [0, 0.05) is 12.1 Å². The molecule has 0 spiro atoms. The number of hydrogen-bond acceptors (Lipinski definition) is 5. The zero-order valence-corrected chi connectivity index (χ0v) is 20.9. The SMILES string of the molecule is COC(=O)CC=Cc1ccccc1[C@@H](C)OC[C@H](O)CNC(C)(C)CC1Cc2ccccc2C1. The molecule has 2 aromatic rings. The number of carbonyl (C=O) groups is 1. The smallest absolute Gasteiger partial charge is 0.309 e. The quantitative estimate of drug-likeness (QED) is 0.438. The van der Waals surface area contributed by atoms with E-state index in [0.29, 0.717) is 12.5 Å². The number of aliphatic hydroxyl groups is 1. The molecule has 2 atom stereocenters. The summed E-state index contributed by atoms with van der Waals surface area (Å²) >= 11 is 0. The summed E-state index contributed by atoms with van der Waals surface area (Å²) in [5.74, 6) is 0.367. The Morgan fingerprint density at radius 3 is 2.47 bits per heavy atom. The van der Waals surface area contributed by atoms with Crippen LogP contribution in [0.4, 0.5) is 0 Å². The van der Waals surface area contributed by atoms with Crippen LogP contribution in [0.25, 0.3) is 6.08 Å². The number of benzene rings is 2. The molecule has 184 valence electrons. The van der Waals surface area contributed by atoms with Gasteiger partial charge < -0.3 is 19.9 Å². The van der Waals surface area contributed by atoms with Gasteiger partial charge in [0.15, 0.2) is 0 Å². The highest BCUT2D eigenvalue weighted by atomic mass is 16.5. The monoisotopic (exact) mass is 465 g/mol. The van der Waals surface area contributed by atoms with E-state index in [1.165, 1.54) is 18.2 Å².